The standard InChI is InChI=1S/C15H20N2O4/c1-3-21-9-10(2)16-15(20)17-8-12(14(18)19)11-6-4-5-7-13(11)17/h4-7,10,12H,3,8-9H2,1-2H3,(H,16,20)(H,18,19). The van der Waals surface area contributed by atoms with Crippen LogP contribution in [-0.4, -0.2) is 42.9 Å². The number of carboxylic acid groups (broad SMARTS) is 1. The maximum absolute atomic E-state index is 12.3. The van der Waals surface area contributed by atoms with Gasteiger partial charge in [-0.25, -0.2) is 4.79 Å². The average molecular weight is 292 g/mol. The highest BCUT2D eigenvalue weighted by Crippen LogP contribution is 2.36. The van der Waals surface area contributed by atoms with Crippen molar-refractivity contribution in [2.45, 2.75) is 25.8 Å². The van der Waals surface area contributed by atoms with Gasteiger partial charge in [-0.15, -0.1) is 0 Å². The molecule has 2 atom stereocenters. The molecule has 1 aliphatic heterocycles. The van der Waals surface area contributed by atoms with E-state index in [1.54, 1.807) is 24.3 Å². The maximum atomic E-state index is 12.3. The fourth-order valence-corrected chi connectivity index (χ4v) is 2.44. The quantitative estimate of drug-likeness (QED) is 0.867. The normalized spacial score (nSPS) is 18.2. The molecular weight excluding hydrogens is 272 g/mol. The third-order valence-corrected chi connectivity index (χ3v) is 3.45. The topological polar surface area (TPSA) is 78.9 Å². The Morgan fingerprint density at radius 1 is 1.48 bits per heavy atom. The van der Waals surface area contributed by atoms with Gasteiger partial charge < -0.3 is 15.2 Å². The Kier molecular flexibility index (Phi) is 4.80. The lowest BCUT2D eigenvalue weighted by Crippen LogP contribution is -2.45. The summed E-state index contributed by atoms with van der Waals surface area (Å²) in [6.45, 7) is 4.92. The van der Waals surface area contributed by atoms with Crippen molar-refractivity contribution in [2.24, 2.45) is 0 Å². The Morgan fingerprint density at radius 3 is 2.86 bits per heavy atom. The number of para-hydroxylation sites is 1. The molecule has 6 nitrogen and oxygen atoms in total. The smallest absolute Gasteiger partial charge is 0.322 e. The van der Waals surface area contributed by atoms with Crippen LogP contribution in [0.3, 0.4) is 0 Å². The van der Waals surface area contributed by atoms with Crippen LogP contribution in [-0.2, 0) is 9.53 Å². The Morgan fingerprint density at radius 2 is 2.19 bits per heavy atom. The molecule has 1 aliphatic rings. The summed E-state index contributed by atoms with van der Waals surface area (Å²) in [4.78, 5) is 25.1. The third kappa shape index (κ3) is 3.33. The van der Waals surface area contributed by atoms with E-state index in [0.717, 1.165) is 0 Å². The first-order valence-electron chi connectivity index (χ1n) is 7.02. The van der Waals surface area contributed by atoms with Crippen molar-refractivity contribution in [2.75, 3.05) is 24.7 Å². The van der Waals surface area contributed by atoms with Crippen molar-refractivity contribution in [3.63, 3.8) is 0 Å². The number of carbonyl (C=O) groups excluding carboxylic acids is 1. The molecule has 2 N–H and O–H groups in total. The molecule has 2 amide bonds. The molecular formula is C15H20N2O4. The number of amides is 2. The number of nitrogens with zero attached hydrogens (tertiary/aromatic N) is 1. The van der Waals surface area contributed by atoms with E-state index in [2.05, 4.69) is 5.32 Å². The van der Waals surface area contributed by atoms with Gasteiger partial charge in [0.05, 0.1) is 12.6 Å². The number of hydrogen-bond acceptors (Lipinski definition) is 3. The lowest BCUT2D eigenvalue weighted by atomic mass is 10.0. The number of rotatable bonds is 5. The molecule has 0 bridgehead atoms. The molecule has 2 rings (SSSR count). The molecule has 0 aromatic heterocycles. The fourth-order valence-electron chi connectivity index (χ4n) is 2.44. The number of benzene rings is 1. The summed E-state index contributed by atoms with van der Waals surface area (Å²) < 4.78 is 5.26. The van der Waals surface area contributed by atoms with Gasteiger partial charge in [0.15, 0.2) is 0 Å². The number of carboxylic acids is 1. The molecule has 2 unspecified atom stereocenters. The van der Waals surface area contributed by atoms with E-state index in [1.165, 1.54) is 4.90 Å². The van der Waals surface area contributed by atoms with Crippen LogP contribution >= 0.6 is 0 Å². The van der Waals surface area contributed by atoms with Crippen LogP contribution in [0.2, 0.25) is 0 Å². The summed E-state index contributed by atoms with van der Waals surface area (Å²) in [5.74, 6) is -1.59. The first kappa shape index (κ1) is 15.3. The zero-order chi connectivity index (χ0) is 15.4. The van der Waals surface area contributed by atoms with E-state index in [-0.39, 0.29) is 18.6 Å². The Labute approximate surface area is 123 Å². The average Bonchev–Trinajstić information content (AvgIpc) is 2.85. The van der Waals surface area contributed by atoms with E-state index in [1.807, 2.05) is 13.8 Å². The van der Waals surface area contributed by atoms with Gasteiger partial charge in [-0.05, 0) is 25.5 Å². The highest BCUT2D eigenvalue weighted by Gasteiger charge is 2.36. The summed E-state index contributed by atoms with van der Waals surface area (Å²) in [6, 6.07) is 6.68. The predicted molar refractivity (Wildman–Crippen MR) is 78.7 cm³/mol. The number of urea groups is 1. The summed E-state index contributed by atoms with van der Waals surface area (Å²) in [7, 11) is 0. The molecule has 1 aromatic carbocycles. The number of carbonyl (C=O) groups is 2. The van der Waals surface area contributed by atoms with Crippen LogP contribution in [0, 0.1) is 0 Å². The summed E-state index contributed by atoms with van der Waals surface area (Å²) >= 11 is 0. The van der Waals surface area contributed by atoms with Gasteiger partial charge in [-0.3, -0.25) is 9.69 Å². The lowest BCUT2D eigenvalue weighted by Gasteiger charge is -2.21. The minimum Gasteiger partial charge on any atom is -0.481 e. The van der Waals surface area contributed by atoms with Crippen molar-refractivity contribution < 1.29 is 19.4 Å². The second-order valence-corrected chi connectivity index (χ2v) is 5.07. The highest BCUT2D eigenvalue weighted by molar-refractivity contribution is 5.98. The molecule has 0 spiro atoms. The van der Waals surface area contributed by atoms with Crippen LogP contribution in [0.15, 0.2) is 24.3 Å². The summed E-state index contributed by atoms with van der Waals surface area (Å²) in [5.41, 5.74) is 1.34. The van der Waals surface area contributed by atoms with E-state index in [0.29, 0.717) is 24.5 Å². The molecule has 0 radical (unpaired) electrons. The second-order valence-electron chi connectivity index (χ2n) is 5.07. The molecule has 0 saturated heterocycles. The number of hydrogen-bond donors (Lipinski definition) is 2. The third-order valence-electron chi connectivity index (χ3n) is 3.45. The monoisotopic (exact) mass is 292 g/mol. The van der Waals surface area contributed by atoms with Gasteiger partial charge in [0.2, 0.25) is 0 Å². The molecule has 114 valence electrons. The zero-order valence-electron chi connectivity index (χ0n) is 12.2. The van der Waals surface area contributed by atoms with Gasteiger partial charge in [-0.1, -0.05) is 18.2 Å². The Hall–Kier alpha value is -2.08. The lowest BCUT2D eigenvalue weighted by molar-refractivity contribution is -0.138. The number of nitrogens with one attached hydrogen (secondary N) is 1. The van der Waals surface area contributed by atoms with Crippen LogP contribution in [0.4, 0.5) is 10.5 Å². The van der Waals surface area contributed by atoms with Crippen LogP contribution < -0.4 is 10.2 Å². The minimum absolute atomic E-state index is 0.131. The van der Waals surface area contributed by atoms with Crippen LogP contribution in [0.1, 0.15) is 25.3 Å². The largest absolute Gasteiger partial charge is 0.481 e. The minimum atomic E-state index is -0.917. The van der Waals surface area contributed by atoms with Crippen molar-refractivity contribution in [1.29, 1.82) is 0 Å². The number of anilines is 1. The van der Waals surface area contributed by atoms with Crippen molar-refractivity contribution in [3.8, 4) is 0 Å². The van der Waals surface area contributed by atoms with Gasteiger partial charge in [0, 0.05) is 18.8 Å². The number of ether oxygens (including phenoxy) is 1. The fraction of sp³-hybridized carbons (Fsp3) is 0.467. The first-order chi connectivity index (χ1) is 10.0. The van der Waals surface area contributed by atoms with Crippen LogP contribution in [0.25, 0.3) is 0 Å². The molecule has 0 aliphatic carbocycles. The van der Waals surface area contributed by atoms with Gasteiger partial charge in [0.1, 0.15) is 5.92 Å². The zero-order valence-corrected chi connectivity index (χ0v) is 12.2. The van der Waals surface area contributed by atoms with Gasteiger partial charge >= 0.3 is 12.0 Å². The van der Waals surface area contributed by atoms with E-state index in [4.69, 9.17) is 4.74 Å². The first-order valence-corrected chi connectivity index (χ1v) is 7.02. The highest BCUT2D eigenvalue weighted by atomic mass is 16.5. The number of fused-ring (bicyclic) bond motifs is 1. The van der Waals surface area contributed by atoms with Gasteiger partial charge in [-0.2, -0.15) is 0 Å². The molecule has 0 saturated carbocycles. The van der Waals surface area contributed by atoms with Crippen molar-refractivity contribution in [1.82, 2.24) is 5.32 Å². The van der Waals surface area contributed by atoms with E-state index in [9.17, 15) is 14.7 Å². The SMILES string of the molecule is CCOCC(C)NC(=O)N1CC(C(=O)O)c2ccccc21. The van der Waals surface area contributed by atoms with E-state index < -0.39 is 11.9 Å². The summed E-state index contributed by atoms with van der Waals surface area (Å²) in [6.07, 6.45) is 0. The molecule has 6 heteroatoms. The maximum Gasteiger partial charge on any atom is 0.322 e. The molecule has 1 aromatic rings. The van der Waals surface area contributed by atoms with Crippen molar-refractivity contribution >= 4 is 17.7 Å². The Bertz CT molecular complexity index is 532. The van der Waals surface area contributed by atoms with E-state index >= 15 is 0 Å². The Balaban J connectivity index is 2.11. The molecule has 1 heterocycles. The van der Waals surface area contributed by atoms with Crippen molar-refractivity contribution in [3.05, 3.63) is 29.8 Å². The molecule has 0 fully saturated rings. The predicted octanol–water partition coefficient (Wildman–Crippen LogP) is 1.81. The van der Waals surface area contributed by atoms with Gasteiger partial charge in [0.25, 0.3) is 0 Å². The van der Waals surface area contributed by atoms with Crippen LogP contribution in [0.5, 0.6) is 0 Å². The second kappa shape index (κ2) is 6.58. The number of aliphatic carboxylic acids is 1. The summed E-state index contributed by atoms with van der Waals surface area (Å²) in [5, 5.41) is 12.1. The molecule has 21 heavy (non-hydrogen) atoms.